The van der Waals surface area contributed by atoms with E-state index in [1.807, 2.05) is 0 Å². The van der Waals surface area contributed by atoms with Crippen LogP contribution < -0.4 is 5.32 Å². The Labute approximate surface area is 497 Å². The molecule has 12 atom stereocenters. The van der Waals surface area contributed by atoms with Crippen LogP contribution in [-0.4, -0.2) is 140 Å². The van der Waals surface area contributed by atoms with Crippen molar-refractivity contribution in [1.29, 1.82) is 0 Å². The molecule has 0 aromatic heterocycles. The lowest BCUT2D eigenvalue weighted by atomic mass is 9.97. The predicted octanol–water partition coefficient (Wildman–Crippen LogP) is 12.4. The van der Waals surface area contributed by atoms with Gasteiger partial charge < -0.3 is 65.1 Å². The quantitative estimate of drug-likeness (QED) is 0.0204. The second-order valence-corrected chi connectivity index (χ2v) is 22.9. The van der Waals surface area contributed by atoms with Gasteiger partial charge in [-0.3, -0.25) is 4.79 Å². The van der Waals surface area contributed by atoms with Crippen molar-refractivity contribution >= 4 is 5.91 Å². The van der Waals surface area contributed by atoms with Crippen molar-refractivity contribution in [1.82, 2.24) is 5.32 Å². The van der Waals surface area contributed by atoms with Gasteiger partial charge in [0.2, 0.25) is 5.91 Å². The average molecular weight is 1160 g/mol. The maximum absolute atomic E-state index is 13.3. The maximum Gasteiger partial charge on any atom is 0.220 e. The van der Waals surface area contributed by atoms with Crippen molar-refractivity contribution in [2.75, 3.05) is 19.8 Å². The number of carbonyl (C=O) groups excluding carboxylic acids is 1. The van der Waals surface area contributed by atoms with Gasteiger partial charge in [0.25, 0.3) is 0 Å². The number of nitrogens with one attached hydrogen (secondary N) is 1. The lowest BCUT2D eigenvalue weighted by Crippen LogP contribution is -2.65. The lowest BCUT2D eigenvalue weighted by molar-refractivity contribution is -0.359. The van der Waals surface area contributed by atoms with E-state index in [1.54, 1.807) is 0 Å². The van der Waals surface area contributed by atoms with Gasteiger partial charge in [-0.15, -0.1) is 0 Å². The SMILES string of the molecule is CC/C=C\C/C=C\C/C=C\C/C=C\C/C=C\C/C=C\C/C=C\CCCCCCCCCCCC(=O)NC(COC1OC(CO)C(OC2OC(CO)C(O)C(O)C2O)C(O)C1O)C(O)CCCCCCCCCCCCCCCCCCC. The first-order chi connectivity index (χ1) is 40.1. The van der Waals surface area contributed by atoms with Crippen molar-refractivity contribution in [2.45, 2.75) is 319 Å². The maximum atomic E-state index is 13.3. The zero-order valence-electron chi connectivity index (χ0n) is 51.2. The number of aliphatic hydroxyl groups is 8. The van der Waals surface area contributed by atoms with Crippen molar-refractivity contribution < 1.29 is 64.6 Å². The normalized spacial score (nSPS) is 24.5. The fraction of sp³-hybridized carbons (Fsp3) is 0.779. The molecular formula is C68H119NO13. The minimum atomic E-state index is -1.79. The molecule has 2 aliphatic heterocycles. The highest BCUT2D eigenvalue weighted by molar-refractivity contribution is 5.76. The van der Waals surface area contributed by atoms with Crippen molar-refractivity contribution in [3.05, 3.63) is 85.1 Å². The van der Waals surface area contributed by atoms with Crippen LogP contribution in [0.1, 0.15) is 245 Å². The summed E-state index contributed by atoms with van der Waals surface area (Å²) in [6.07, 6.45) is 54.3. The minimum Gasteiger partial charge on any atom is -0.394 e. The Kier molecular flexibility index (Phi) is 48.2. The largest absolute Gasteiger partial charge is 0.394 e. The number of amides is 1. The number of hydrogen-bond acceptors (Lipinski definition) is 13. The molecule has 0 aliphatic carbocycles. The average Bonchev–Trinajstić information content (AvgIpc) is 3.52. The van der Waals surface area contributed by atoms with E-state index in [0.29, 0.717) is 19.3 Å². The fourth-order valence-corrected chi connectivity index (χ4v) is 10.4. The van der Waals surface area contributed by atoms with Crippen molar-refractivity contribution in [3.8, 4) is 0 Å². The summed E-state index contributed by atoms with van der Waals surface area (Å²) in [4.78, 5) is 13.3. The standard InChI is InChI=1S/C68H119NO13/c1-3-5-7-9-11-13-15-17-19-21-22-23-24-25-26-27-28-29-30-31-32-33-34-36-38-40-42-44-46-48-50-52-60(73)69-56(57(72)51-49-47-45-43-41-39-37-35-20-18-16-14-12-10-8-6-4-2)55-79-67-65(78)63(76)66(59(54-71)81-67)82-68-64(77)62(75)61(74)58(53-70)80-68/h5,7,11,13,17,19,22-23,25-26,28-29,31-32,56-59,61-68,70-72,74-78H,3-4,6,8-10,12,14-16,18,20-21,24,27,30,33-55H2,1-2H3,(H,69,73)/b7-5-,13-11-,19-17-,23-22-,26-25-,29-28-,32-31-. The van der Waals surface area contributed by atoms with Gasteiger partial charge in [-0.25, -0.2) is 0 Å². The minimum absolute atomic E-state index is 0.215. The van der Waals surface area contributed by atoms with E-state index in [1.165, 1.54) is 116 Å². The van der Waals surface area contributed by atoms with Crippen molar-refractivity contribution in [3.63, 3.8) is 0 Å². The molecule has 82 heavy (non-hydrogen) atoms. The first-order valence-electron chi connectivity index (χ1n) is 32.8. The summed E-state index contributed by atoms with van der Waals surface area (Å²) in [5.74, 6) is -0.215. The second-order valence-electron chi connectivity index (χ2n) is 22.9. The molecule has 14 heteroatoms. The molecule has 12 unspecified atom stereocenters. The van der Waals surface area contributed by atoms with Crippen LogP contribution in [0.4, 0.5) is 0 Å². The summed E-state index contributed by atoms with van der Waals surface area (Å²) in [6, 6.07) is -0.838. The van der Waals surface area contributed by atoms with Crippen LogP contribution in [0.2, 0.25) is 0 Å². The molecular weight excluding hydrogens is 1040 g/mol. The van der Waals surface area contributed by atoms with Gasteiger partial charge in [0.15, 0.2) is 12.6 Å². The van der Waals surface area contributed by atoms with Crippen LogP contribution in [-0.2, 0) is 23.7 Å². The smallest absolute Gasteiger partial charge is 0.220 e. The van der Waals surface area contributed by atoms with Gasteiger partial charge in [-0.1, -0.05) is 253 Å². The van der Waals surface area contributed by atoms with Gasteiger partial charge in [-0.2, -0.15) is 0 Å². The molecule has 2 aliphatic rings. The predicted molar refractivity (Wildman–Crippen MR) is 332 cm³/mol. The van der Waals surface area contributed by atoms with Crippen LogP contribution in [0.25, 0.3) is 0 Å². The molecule has 1 amide bonds. The Morgan fingerprint density at radius 2 is 0.841 bits per heavy atom. The molecule has 2 rings (SSSR count). The van der Waals surface area contributed by atoms with Gasteiger partial charge in [0.05, 0.1) is 32.0 Å². The van der Waals surface area contributed by atoms with Gasteiger partial charge >= 0.3 is 0 Å². The summed E-state index contributed by atoms with van der Waals surface area (Å²) in [7, 11) is 0. The summed E-state index contributed by atoms with van der Waals surface area (Å²) >= 11 is 0. The van der Waals surface area contributed by atoms with E-state index in [0.717, 1.165) is 96.3 Å². The first kappa shape index (κ1) is 75.3. The Morgan fingerprint density at radius 3 is 1.29 bits per heavy atom. The number of ether oxygens (including phenoxy) is 4. The van der Waals surface area contributed by atoms with Crippen LogP contribution in [0, 0.1) is 0 Å². The van der Waals surface area contributed by atoms with Crippen LogP contribution in [0.15, 0.2) is 85.1 Å². The van der Waals surface area contributed by atoms with E-state index in [9.17, 15) is 45.6 Å². The van der Waals surface area contributed by atoms with E-state index < -0.39 is 86.8 Å². The molecule has 0 spiro atoms. The number of carbonyl (C=O) groups is 1. The fourth-order valence-electron chi connectivity index (χ4n) is 10.4. The molecule has 2 heterocycles. The van der Waals surface area contributed by atoms with Crippen molar-refractivity contribution in [2.24, 2.45) is 0 Å². The molecule has 0 aromatic carbocycles. The third-order valence-corrected chi connectivity index (χ3v) is 15.6. The Hall–Kier alpha value is -2.83. The molecule has 474 valence electrons. The molecule has 2 saturated heterocycles. The highest BCUT2D eigenvalue weighted by atomic mass is 16.7. The van der Waals surface area contributed by atoms with E-state index in [2.05, 4.69) is 104 Å². The third-order valence-electron chi connectivity index (χ3n) is 15.6. The topological polar surface area (TPSA) is 228 Å². The Bertz CT molecular complexity index is 1700. The number of aliphatic hydroxyl groups excluding tert-OH is 8. The summed E-state index contributed by atoms with van der Waals surface area (Å²) in [5, 5.41) is 87.4. The molecule has 0 aromatic rings. The highest BCUT2D eigenvalue weighted by Gasteiger charge is 2.51. The molecule has 2 fully saturated rings. The van der Waals surface area contributed by atoms with E-state index in [-0.39, 0.29) is 12.5 Å². The van der Waals surface area contributed by atoms with Gasteiger partial charge in [0.1, 0.15) is 48.8 Å². The zero-order chi connectivity index (χ0) is 59.5. The van der Waals surface area contributed by atoms with Crippen LogP contribution in [0.5, 0.6) is 0 Å². The van der Waals surface area contributed by atoms with Crippen LogP contribution in [0.3, 0.4) is 0 Å². The monoisotopic (exact) mass is 1160 g/mol. The number of hydrogen-bond donors (Lipinski definition) is 9. The van der Waals surface area contributed by atoms with Gasteiger partial charge in [0, 0.05) is 6.42 Å². The third kappa shape index (κ3) is 36.9. The van der Waals surface area contributed by atoms with Gasteiger partial charge in [-0.05, 0) is 70.6 Å². The highest BCUT2D eigenvalue weighted by Crippen LogP contribution is 2.30. The number of rotatable bonds is 52. The summed E-state index contributed by atoms with van der Waals surface area (Å²) < 4.78 is 22.9. The van der Waals surface area contributed by atoms with E-state index in [4.69, 9.17) is 18.9 Å². The van der Waals surface area contributed by atoms with Crippen LogP contribution >= 0.6 is 0 Å². The lowest BCUT2D eigenvalue weighted by Gasteiger charge is -2.46. The molecule has 9 N–H and O–H groups in total. The Morgan fingerprint density at radius 1 is 0.451 bits per heavy atom. The molecule has 0 saturated carbocycles. The number of unbranched alkanes of at least 4 members (excludes halogenated alkanes) is 25. The summed E-state index contributed by atoms with van der Waals surface area (Å²) in [6.45, 7) is 2.75. The summed E-state index contributed by atoms with van der Waals surface area (Å²) in [5.41, 5.74) is 0. The molecule has 14 nitrogen and oxygen atoms in total. The Balaban J connectivity index is 1.69. The zero-order valence-corrected chi connectivity index (χ0v) is 51.2. The number of allylic oxidation sites excluding steroid dienone is 14. The molecule has 0 radical (unpaired) electrons. The van der Waals surface area contributed by atoms with E-state index >= 15 is 0 Å². The second kappa shape index (κ2) is 52.5. The first-order valence-corrected chi connectivity index (χ1v) is 32.8. The molecule has 0 bridgehead atoms.